The standard InChI is InChI=1S/C12H21N3O2/c1-5-9(6-2)8-13-15-10(16)12(4,7-3)14-11(15)17/h8-9H,5-7H2,1-4H3,(H,14,17)/t12-/m1/s1. The smallest absolute Gasteiger partial charge is 0.322 e. The number of carbonyl (C=O) groups is 2. The highest BCUT2D eigenvalue weighted by atomic mass is 16.2. The Balaban J connectivity index is 2.79. The molecule has 5 heteroatoms. The highest BCUT2D eigenvalue weighted by Crippen LogP contribution is 2.21. The molecule has 0 unspecified atom stereocenters. The number of carbonyl (C=O) groups excluding carboxylic acids is 2. The quantitative estimate of drug-likeness (QED) is 0.590. The third-order valence-electron chi connectivity index (χ3n) is 3.39. The van der Waals surface area contributed by atoms with E-state index < -0.39 is 11.6 Å². The third-order valence-corrected chi connectivity index (χ3v) is 3.39. The number of hydrazone groups is 1. The van der Waals surface area contributed by atoms with Crippen molar-refractivity contribution in [1.29, 1.82) is 0 Å². The highest BCUT2D eigenvalue weighted by molar-refractivity contribution is 6.06. The van der Waals surface area contributed by atoms with Crippen molar-refractivity contribution in [1.82, 2.24) is 10.3 Å². The molecule has 1 atom stereocenters. The van der Waals surface area contributed by atoms with Crippen LogP contribution in [0, 0.1) is 5.92 Å². The molecule has 5 nitrogen and oxygen atoms in total. The van der Waals surface area contributed by atoms with Crippen LogP contribution in [0.1, 0.15) is 47.0 Å². The lowest BCUT2D eigenvalue weighted by atomic mass is 10.00. The van der Waals surface area contributed by atoms with Crippen LogP contribution in [0.4, 0.5) is 4.79 Å². The van der Waals surface area contributed by atoms with Gasteiger partial charge in [0.15, 0.2) is 0 Å². The fraction of sp³-hybridized carbons (Fsp3) is 0.750. The molecule has 1 aliphatic heterocycles. The molecule has 1 rings (SSSR count). The first-order valence-corrected chi connectivity index (χ1v) is 6.19. The van der Waals surface area contributed by atoms with Gasteiger partial charge in [0.1, 0.15) is 5.54 Å². The lowest BCUT2D eigenvalue weighted by Gasteiger charge is -2.17. The predicted molar refractivity (Wildman–Crippen MR) is 66.6 cm³/mol. The van der Waals surface area contributed by atoms with Gasteiger partial charge in [-0.25, -0.2) is 4.79 Å². The Morgan fingerprint density at radius 1 is 1.35 bits per heavy atom. The van der Waals surface area contributed by atoms with Gasteiger partial charge < -0.3 is 5.32 Å². The normalized spacial score (nSPS) is 25.1. The molecule has 0 saturated carbocycles. The Hall–Kier alpha value is -1.39. The van der Waals surface area contributed by atoms with Gasteiger partial charge in [-0.1, -0.05) is 20.8 Å². The average Bonchev–Trinajstić information content (AvgIpc) is 2.54. The Bertz CT molecular complexity index is 337. The molecule has 0 bridgehead atoms. The van der Waals surface area contributed by atoms with Gasteiger partial charge >= 0.3 is 6.03 Å². The van der Waals surface area contributed by atoms with Crippen LogP contribution in [0.25, 0.3) is 0 Å². The Morgan fingerprint density at radius 3 is 2.35 bits per heavy atom. The summed E-state index contributed by atoms with van der Waals surface area (Å²) in [7, 11) is 0. The van der Waals surface area contributed by atoms with Crippen LogP contribution in [0.2, 0.25) is 0 Å². The highest BCUT2D eigenvalue weighted by Gasteiger charge is 2.46. The van der Waals surface area contributed by atoms with Crippen LogP contribution < -0.4 is 5.32 Å². The van der Waals surface area contributed by atoms with Crippen LogP contribution in [-0.4, -0.2) is 28.7 Å². The number of imide groups is 1. The predicted octanol–water partition coefficient (Wildman–Crippen LogP) is 2.13. The van der Waals surface area contributed by atoms with Gasteiger partial charge in [0.2, 0.25) is 0 Å². The van der Waals surface area contributed by atoms with Crippen molar-refractivity contribution >= 4 is 18.2 Å². The molecule has 3 amide bonds. The zero-order valence-electron chi connectivity index (χ0n) is 11.0. The SMILES string of the molecule is CCC(C=NN1C(=O)N[C@](C)(CC)C1=O)CC. The van der Waals surface area contributed by atoms with Crippen LogP contribution in [0.5, 0.6) is 0 Å². The number of rotatable bonds is 5. The zero-order chi connectivity index (χ0) is 13.1. The van der Waals surface area contributed by atoms with E-state index in [1.165, 1.54) is 0 Å². The van der Waals surface area contributed by atoms with Crippen molar-refractivity contribution in [3.05, 3.63) is 0 Å². The minimum Gasteiger partial charge on any atom is -0.322 e. The first-order valence-electron chi connectivity index (χ1n) is 6.19. The van der Waals surface area contributed by atoms with Gasteiger partial charge in [-0.2, -0.15) is 5.10 Å². The second-order valence-corrected chi connectivity index (χ2v) is 4.57. The monoisotopic (exact) mass is 239 g/mol. The van der Waals surface area contributed by atoms with Crippen molar-refractivity contribution in [3.63, 3.8) is 0 Å². The lowest BCUT2D eigenvalue weighted by Crippen LogP contribution is -2.42. The molecule has 0 aromatic rings. The summed E-state index contributed by atoms with van der Waals surface area (Å²) in [6.45, 7) is 7.70. The van der Waals surface area contributed by atoms with Gasteiger partial charge in [-0.3, -0.25) is 4.79 Å². The summed E-state index contributed by atoms with van der Waals surface area (Å²) in [5.74, 6) is 0.0382. The van der Waals surface area contributed by atoms with Crippen LogP contribution >= 0.6 is 0 Å². The lowest BCUT2D eigenvalue weighted by molar-refractivity contribution is -0.130. The van der Waals surface area contributed by atoms with E-state index in [9.17, 15) is 9.59 Å². The summed E-state index contributed by atoms with van der Waals surface area (Å²) in [6.07, 6.45) is 4.16. The fourth-order valence-electron chi connectivity index (χ4n) is 1.67. The number of hydrogen-bond donors (Lipinski definition) is 1. The van der Waals surface area contributed by atoms with Crippen molar-refractivity contribution in [2.24, 2.45) is 11.0 Å². The molecule has 1 N–H and O–H groups in total. The van der Waals surface area contributed by atoms with Crippen LogP contribution in [0.3, 0.4) is 0 Å². The first kappa shape index (κ1) is 13.7. The van der Waals surface area contributed by atoms with E-state index in [-0.39, 0.29) is 5.91 Å². The summed E-state index contributed by atoms with van der Waals surface area (Å²) < 4.78 is 0. The maximum Gasteiger partial charge on any atom is 0.346 e. The maximum atomic E-state index is 12.0. The second kappa shape index (κ2) is 5.29. The first-order chi connectivity index (χ1) is 7.98. The minimum absolute atomic E-state index is 0.271. The molecule has 1 saturated heterocycles. The fourth-order valence-corrected chi connectivity index (χ4v) is 1.67. The Morgan fingerprint density at radius 2 is 1.94 bits per heavy atom. The van der Waals surface area contributed by atoms with Gasteiger partial charge in [0.05, 0.1) is 0 Å². The second-order valence-electron chi connectivity index (χ2n) is 4.57. The largest absolute Gasteiger partial charge is 0.346 e. The van der Waals surface area contributed by atoms with Gasteiger partial charge in [0.25, 0.3) is 5.91 Å². The number of hydrogen-bond acceptors (Lipinski definition) is 3. The summed E-state index contributed by atoms with van der Waals surface area (Å²) in [4.78, 5) is 23.6. The zero-order valence-corrected chi connectivity index (χ0v) is 11.0. The van der Waals surface area contributed by atoms with Gasteiger partial charge in [-0.05, 0) is 32.1 Å². The minimum atomic E-state index is -0.803. The van der Waals surface area contributed by atoms with E-state index >= 15 is 0 Å². The van der Waals surface area contributed by atoms with Crippen LogP contribution in [-0.2, 0) is 4.79 Å². The molecule has 0 radical (unpaired) electrons. The summed E-state index contributed by atoms with van der Waals surface area (Å²) in [5.41, 5.74) is -0.803. The summed E-state index contributed by atoms with van der Waals surface area (Å²) in [6, 6.07) is -0.429. The molecule has 0 aliphatic carbocycles. The maximum absolute atomic E-state index is 12.0. The number of urea groups is 1. The van der Waals surface area contributed by atoms with E-state index in [1.54, 1.807) is 13.1 Å². The number of nitrogens with zero attached hydrogens (tertiary/aromatic N) is 2. The number of nitrogens with one attached hydrogen (secondary N) is 1. The molecule has 96 valence electrons. The van der Waals surface area contributed by atoms with Crippen molar-refractivity contribution in [2.75, 3.05) is 0 Å². The molecule has 0 spiro atoms. The summed E-state index contributed by atoms with van der Waals surface area (Å²) in [5, 5.41) is 7.63. The van der Waals surface area contributed by atoms with Crippen molar-refractivity contribution < 1.29 is 9.59 Å². The molecular weight excluding hydrogens is 218 g/mol. The average molecular weight is 239 g/mol. The van der Waals surface area contributed by atoms with Gasteiger partial charge in [-0.15, -0.1) is 5.01 Å². The third kappa shape index (κ3) is 2.65. The van der Waals surface area contributed by atoms with Crippen LogP contribution in [0.15, 0.2) is 5.10 Å². The van der Waals surface area contributed by atoms with E-state index in [0.29, 0.717) is 12.3 Å². The topological polar surface area (TPSA) is 61.8 Å². The molecular formula is C12H21N3O2. The molecule has 1 fully saturated rings. The Labute approximate surface area is 102 Å². The molecule has 1 aliphatic rings. The molecule has 17 heavy (non-hydrogen) atoms. The molecule has 0 aromatic heterocycles. The van der Waals surface area contributed by atoms with E-state index in [0.717, 1.165) is 17.9 Å². The Kier molecular flexibility index (Phi) is 4.26. The van der Waals surface area contributed by atoms with Gasteiger partial charge in [0, 0.05) is 6.21 Å². The van der Waals surface area contributed by atoms with E-state index in [2.05, 4.69) is 24.3 Å². The molecule has 1 heterocycles. The number of amides is 3. The van der Waals surface area contributed by atoms with Crippen molar-refractivity contribution in [2.45, 2.75) is 52.5 Å². The van der Waals surface area contributed by atoms with E-state index in [1.807, 2.05) is 6.92 Å². The molecule has 0 aromatic carbocycles. The van der Waals surface area contributed by atoms with E-state index in [4.69, 9.17) is 0 Å². The summed E-state index contributed by atoms with van der Waals surface area (Å²) >= 11 is 0. The van der Waals surface area contributed by atoms with Crippen molar-refractivity contribution in [3.8, 4) is 0 Å².